The average Bonchev–Trinajstić information content (AvgIpc) is 2.31. The first kappa shape index (κ1) is 13.5. The molecule has 90 valence electrons. The van der Waals surface area contributed by atoms with Crippen molar-refractivity contribution in [2.75, 3.05) is 6.61 Å². The number of nitrogens with zero attached hydrogens (tertiary/aromatic N) is 1. The van der Waals surface area contributed by atoms with E-state index < -0.39 is 0 Å². The first-order valence-electron chi connectivity index (χ1n) is 5.20. The van der Waals surface area contributed by atoms with Crippen LogP contribution in [0, 0.1) is 11.3 Å². The van der Waals surface area contributed by atoms with Crippen LogP contribution in [0.15, 0.2) is 12.1 Å². The molecule has 1 rings (SSSR count). The first-order chi connectivity index (χ1) is 8.13. The normalized spacial score (nSPS) is 9.76. The van der Waals surface area contributed by atoms with Crippen molar-refractivity contribution in [3.8, 4) is 6.07 Å². The molecule has 0 unspecified atom stereocenters. The lowest BCUT2D eigenvalue weighted by molar-refractivity contribution is -0.142. The highest BCUT2D eigenvalue weighted by molar-refractivity contribution is 6.31. The lowest BCUT2D eigenvalue weighted by Gasteiger charge is -2.09. The molecule has 0 radical (unpaired) electrons. The Morgan fingerprint density at radius 1 is 1.59 bits per heavy atom. The molecule has 0 amide bonds. The zero-order valence-corrected chi connectivity index (χ0v) is 10.3. The monoisotopic (exact) mass is 252 g/mol. The molecule has 0 spiro atoms. The van der Waals surface area contributed by atoms with E-state index in [2.05, 4.69) is 0 Å². The molecule has 4 nitrogen and oxygen atoms in total. The minimum absolute atomic E-state index is 0.0565. The van der Waals surface area contributed by atoms with Crippen molar-refractivity contribution in [1.29, 1.82) is 5.26 Å². The Balaban J connectivity index is 3.09. The predicted molar refractivity (Wildman–Crippen MR) is 64.4 cm³/mol. The van der Waals surface area contributed by atoms with Crippen molar-refractivity contribution in [1.82, 2.24) is 0 Å². The number of hydrogen-bond acceptors (Lipinski definition) is 4. The van der Waals surface area contributed by atoms with Gasteiger partial charge in [0.05, 0.1) is 24.7 Å². The van der Waals surface area contributed by atoms with Crippen LogP contribution in [-0.2, 0) is 22.5 Å². The number of nitriles is 1. The number of esters is 1. The number of rotatable bonds is 4. The van der Waals surface area contributed by atoms with Crippen LogP contribution in [0.1, 0.15) is 23.6 Å². The number of ether oxygens (including phenoxy) is 1. The number of carbonyl (C=O) groups excluding carboxylic acids is 1. The van der Waals surface area contributed by atoms with Gasteiger partial charge in [-0.1, -0.05) is 17.7 Å². The standard InChI is InChI=1S/C12H13ClN2O2/c1-2-17-12(16)5-8-3-4-11(13)10(7-15)9(8)6-14/h3-4H,2,5,7,15H2,1H3. The summed E-state index contributed by atoms with van der Waals surface area (Å²) in [6.45, 7) is 2.22. The first-order valence-corrected chi connectivity index (χ1v) is 5.57. The molecule has 1 aromatic carbocycles. The van der Waals surface area contributed by atoms with Crippen LogP contribution in [0.3, 0.4) is 0 Å². The Kier molecular flexibility index (Phi) is 4.95. The minimum Gasteiger partial charge on any atom is -0.466 e. The molecule has 0 saturated carbocycles. The third-order valence-corrected chi connectivity index (χ3v) is 2.65. The fourth-order valence-corrected chi connectivity index (χ4v) is 1.76. The molecular formula is C12H13ClN2O2. The summed E-state index contributed by atoms with van der Waals surface area (Å²) in [5.41, 5.74) is 7.06. The van der Waals surface area contributed by atoms with Crippen LogP contribution < -0.4 is 5.73 Å². The highest BCUT2D eigenvalue weighted by atomic mass is 35.5. The van der Waals surface area contributed by atoms with Gasteiger partial charge >= 0.3 is 5.97 Å². The summed E-state index contributed by atoms with van der Waals surface area (Å²) < 4.78 is 4.84. The second-order valence-corrected chi connectivity index (χ2v) is 3.76. The number of halogens is 1. The average molecular weight is 253 g/mol. The second kappa shape index (κ2) is 6.24. The second-order valence-electron chi connectivity index (χ2n) is 3.36. The molecule has 0 atom stereocenters. The smallest absolute Gasteiger partial charge is 0.310 e. The zero-order valence-electron chi connectivity index (χ0n) is 9.50. The molecular weight excluding hydrogens is 240 g/mol. The Hall–Kier alpha value is -1.57. The van der Waals surface area contributed by atoms with Crippen molar-refractivity contribution < 1.29 is 9.53 Å². The van der Waals surface area contributed by atoms with Gasteiger partial charge in [-0.15, -0.1) is 0 Å². The van der Waals surface area contributed by atoms with Gasteiger partial charge in [0.1, 0.15) is 0 Å². The topological polar surface area (TPSA) is 76.1 Å². The van der Waals surface area contributed by atoms with Crippen molar-refractivity contribution in [3.63, 3.8) is 0 Å². The summed E-state index contributed by atoms with van der Waals surface area (Å²) in [7, 11) is 0. The van der Waals surface area contributed by atoms with Gasteiger partial charge in [-0.2, -0.15) is 5.26 Å². The number of carbonyl (C=O) groups is 1. The van der Waals surface area contributed by atoms with Crippen LogP contribution in [0.2, 0.25) is 5.02 Å². The summed E-state index contributed by atoms with van der Waals surface area (Å²) in [5.74, 6) is -0.366. The molecule has 0 saturated heterocycles. The molecule has 1 aromatic rings. The highest BCUT2D eigenvalue weighted by Crippen LogP contribution is 2.23. The van der Waals surface area contributed by atoms with E-state index in [1.807, 2.05) is 6.07 Å². The van der Waals surface area contributed by atoms with Crippen LogP contribution in [-0.4, -0.2) is 12.6 Å². The van der Waals surface area contributed by atoms with Gasteiger partial charge in [0.25, 0.3) is 0 Å². The zero-order chi connectivity index (χ0) is 12.8. The molecule has 0 bridgehead atoms. The van der Waals surface area contributed by atoms with Crippen molar-refractivity contribution in [3.05, 3.63) is 33.8 Å². The van der Waals surface area contributed by atoms with E-state index in [1.165, 1.54) is 0 Å². The van der Waals surface area contributed by atoms with Gasteiger partial charge in [-0.05, 0) is 18.6 Å². The maximum Gasteiger partial charge on any atom is 0.310 e. The third kappa shape index (κ3) is 3.19. The SMILES string of the molecule is CCOC(=O)Cc1ccc(Cl)c(CN)c1C#N. The Morgan fingerprint density at radius 2 is 2.29 bits per heavy atom. The van der Waals surface area contributed by atoms with E-state index in [-0.39, 0.29) is 18.9 Å². The summed E-state index contributed by atoms with van der Waals surface area (Å²) in [6, 6.07) is 5.32. The van der Waals surface area contributed by atoms with Crippen molar-refractivity contribution >= 4 is 17.6 Å². The molecule has 5 heteroatoms. The van der Waals surface area contributed by atoms with Crippen LogP contribution >= 0.6 is 11.6 Å². The molecule has 0 fully saturated rings. The van der Waals surface area contributed by atoms with E-state index in [0.29, 0.717) is 28.3 Å². The highest BCUT2D eigenvalue weighted by Gasteiger charge is 2.14. The van der Waals surface area contributed by atoms with Crippen molar-refractivity contribution in [2.24, 2.45) is 5.73 Å². The minimum atomic E-state index is -0.366. The molecule has 2 N–H and O–H groups in total. The number of nitrogens with two attached hydrogens (primary N) is 1. The number of hydrogen-bond donors (Lipinski definition) is 1. The quantitative estimate of drug-likeness (QED) is 0.829. The molecule has 0 heterocycles. The van der Waals surface area contributed by atoms with Crippen molar-refractivity contribution in [2.45, 2.75) is 19.9 Å². The predicted octanol–water partition coefficient (Wildman–Crippen LogP) is 1.78. The molecule has 0 aliphatic heterocycles. The largest absolute Gasteiger partial charge is 0.466 e. The molecule has 0 aromatic heterocycles. The van der Waals surface area contributed by atoms with Gasteiger partial charge in [-0.25, -0.2) is 0 Å². The van der Waals surface area contributed by atoms with Gasteiger partial charge in [0, 0.05) is 17.1 Å². The lowest BCUT2D eigenvalue weighted by Crippen LogP contribution is -2.11. The fraction of sp³-hybridized carbons (Fsp3) is 0.333. The maximum atomic E-state index is 11.4. The summed E-state index contributed by atoms with van der Waals surface area (Å²) >= 11 is 5.93. The summed E-state index contributed by atoms with van der Waals surface area (Å²) in [6.07, 6.45) is 0.0565. The van der Waals surface area contributed by atoms with E-state index in [1.54, 1.807) is 19.1 Å². The summed E-state index contributed by atoms with van der Waals surface area (Å²) in [5, 5.41) is 9.52. The van der Waals surface area contributed by atoms with Crippen LogP contribution in [0.5, 0.6) is 0 Å². The Labute approximate surface area is 105 Å². The van der Waals surface area contributed by atoms with Crippen LogP contribution in [0.4, 0.5) is 0 Å². The summed E-state index contributed by atoms with van der Waals surface area (Å²) in [4.78, 5) is 11.4. The van der Waals surface area contributed by atoms with Crippen LogP contribution in [0.25, 0.3) is 0 Å². The number of benzene rings is 1. The third-order valence-electron chi connectivity index (χ3n) is 2.30. The molecule has 0 aliphatic rings. The maximum absolute atomic E-state index is 11.4. The van der Waals surface area contributed by atoms with Gasteiger partial charge in [-0.3, -0.25) is 4.79 Å². The van der Waals surface area contributed by atoms with E-state index in [9.17, 15) is 4.79 Å². The van der Waals surface area contributed by atoms with Gasteiger partial charge in [0.2, 0.25) is 0 Å². The van der Waals surface area contributed by atoms with E-state index in [4.69, 9.17) is 27.3 Å². The van der Waals surface area contributed by atoms with E-state index in [0.717, 1.165) is 0 Å². The Bertz CT molecular complexity index is 466. The van der Waals surface area contributed by atoms with Gasteiger partial charge in [0.15, 0.2) is 0 Å². The molecule has 17 heavy (non-hydrogen) atoms. The lowest BCUT2D eigenvalue weighted by atomic mass is 9.99. The fourth-order valence-electron chi connectivity index (χ4n) is 1.52. The Morgan fingerprint density at radius 3 is 2.82 bits per heavy atom. The molecule has 0 aliphatic carbocycles. The van der Waals surface area contributed by atoms with Gasteiger partial charge < -0.3 is 10.5 Å². The van der Waals surface area contributed by atoms with E-state index >= 15 is 0 Å².